The van der Waals surface area contributed by atoms with Crippen molar-refractivity contribution in [1.82, 2.24) is 4.90 Å². The van der Waals surface area contributed by atoms with Crippen LogP contribution >= 0.6 is 15.9 Å². The molecule has 0 radical (unpaired) electrons. The molecule has 2 aromatic rings. The van der Waals surface area contributed by atoms with Gasteiger partial charge in [0.25, 0.3) is 11.8 Å². The van der Waals surface area contributed by atoms with Gasteiger partial charge in [0.15, 0.2) is 0 Å². The summed E-state index contributed by atoms with van der Waals surface area (Å²) in [6, 6.07) is 13.1. The van der Waals surface area contributed by atoms with Crippen LogP contribution in [0.5, 0.6) is 5.75 Å². The van der Waals surface area contributed by atoms with Crippen LogP contribution < -0.4 is 4.74 Å². The van der Waals surface area contributed by atoms with Gasteiger partial charge in [0, 0.05) is 10.0 Å². The molecule has 0 bridgehead atoms. The zero-order valence-corrected chi connectivity index (χ0v) is 14.6. The molecule has 0 unspecified atom stereocenters. The number of benzene rings is 2. The van der Waals surface area contributed by atoms with E-state index in [-0.39, 0.29) is 0 Å². The SMILES string of the molecule is Cc1c(OCc2ccccc2)ccc(Br)c1C(=O)N1CC(F)(F)C1. The van der Waals surface area contributed by atoms with E-state index >= 15 is 0 Å². The van der Waals surface area contributed by atoms with E-state index in [1.54, 1.807) is 19.1 Å². The van der Waals surface area contributed by atoms with Gasteiger partial charge in [0.1, 0.15) is 12.4 Å². The lowest BCUT2D eigenvalue weighted by Gasteiger charge is -2.39. The zero-order chi connectivity index (χ0) is 17.3. The standard InChI is InChI=1S/C18H16BrF2NO2/c1-12-15(24-9-13-5-3-2-4-6-13)8-7-14(19)16(12)17(23)22-10-18(20,21)11-22/h2-8H,9-11H2,1H3. The third-order valence-electron chi connectivity index (χ3n) is 3.95. The van der Waals surface area contributed by atoms with Crippen molar-refractivity contribution in [2.75, 3.05) is 13.1 Å². The Labute approximate surface area is 147 Å². The van der Waals surface area contributed by atoms with Crippen molar-refractivity contribution in [2.45, 2.75) is 19.5 Å². The van der Waals surface area contributed by atoms with Gasteiger partial charge in [-0.25, -0.2) is 8.78 Å². The lowest BCUT2D eigenvalue weighted by molar-refractivity contribution is -0.113. The average Bonchev–Trinajstić information content (AvgIpc) is 2.52. The number of likely N-dealkylation sites (tertiary alicyclic amines) is 1. The van der Waals surface area contributed by atoms with Gasteiger partial charge in [-0.15, -0.1) is 0 Å². The van der Waals surface area contributed by atoms with Crippen molar-refractivity contribution in [3.63, 3.8) is 0 Å². The first-order valence-corrected chi connectivity index (χ1v) is 8.29. The molecule has 0 saturated carbocycles. The second kappa shape index (κ2) is 6.51. The maximum absolute atomic E-state index is 13.0. The lowest BCUT2D eigenvalue weighted by Crippen LogP contribution is -2.58. The van der Waals surface area contributed by atoms with E-state index in [4.69, 9.17) is 4.74 Å². The molecule has 0 aromatic heterocycles. The molecule has 6 heteroatoms. The van der Waals surface area contributed by atoms with Crippen LogP contribution in [0.25, 0.3) is 0 Å². The number of rotatable bonds is 4. The van der Waals surface area contributed by atoms with E-state index in [1.807, 2.05) is 30.3 Å². The maximum atomic E-state index is 13.0. The number of halogens is 3. The molecule has 126 valence electrons. The van der Waals surface area contributed by atoms with Gasteiger partial charge in [-0.3, -0.25) is 4.79 Å². The van der Waals surface area contributed by atoms with Gasteiger partial charge in [0.2, 0.25) is 0 Å². The molecule has 1 saturated heterocycles. The predicted octanol–water partition coefficient (Wildman–Crippen LogP) is 4.43. The summed E-state index contributed by atoms with van der Waals surface area (Å²) in [4.78, 5) is 13.6. The summed E-state index contributed by atoms with van der Waals surface area (Å²) in [7, 11) is 0. The Balaban J connectivity index is 1.79. The molecule has 24 heavy (non-hydrogen) atoms. The number of nitrogens with zero attached hydrogens (tertiary/aromatic N) is 1. The van der Waals surface area contributed by atoms with Crippen LogP contribution in [0.1, 0.15) is 21.5 Å². The van der Waals surface area contributed by atoms with Crippen LogP contribution in [0.3, 0.4) is 0 Å². The van der Waals surface area contributed by atoms with Crippen molar-refractivity contribution in [2.24, 2.45) is 0 Å². The fourth-order valence-electron chi connectivity index (χ4n) is 2.63. The Hall–Kier alpha value is -1.95. The first-order valence-electron chi connectivity index (χ1n) is 7.50. The average molecular weight is 396 g/mol. The molecule has 1 aliphatic rings. The number of hydrogen-bond acceptors (Lipinski definition) is 2. The quantitative estimate of drug-likeness (QED) is 0.766. The Morgan fingerprint density at radius 3 is 2.50 bits per heavy atom. The van der Waals surface area contributed by atoms with Gasteiger partial charge in [-0.2, -0.15) is 0 Å². The highest BCUT2D eigenvalue weighted by Gasteiger charge is 2.47. The van der Waals surface area contributed by atoms with E-state index in [0.29, 0.717) is 28.0 Å². The van der Waals surface area contributed by atoms with Gasteiger partial charge < -0.3 is 9.64 Å². The van der Waals surface area contributed by atoms with E-state index in [2.05, 4.69) is 15.9 Å². The van der Waals surface area contributed by atoms with Gasteiger partial charge >= 0.3 is 0 Å². The number of carbonyl (C=O) groups excluding carboxylic acids is 1. The number of alkyl halides is 2. The molecule has 3 nitrogen and oxygen atoms in total. The highest BCUT2D eigenvalue weighted by molar-refractivity contribution is 9.10. The highest BCUT2D eigenvalue weighted by atomic mass is 79.9. The van der Waals surface area contributed by atoms with Crippen LogP contribution in [0, 0.1) is 6.92 Å². The Morgan fingerprint density at radius 2 is 1.88 bits per heavy atom. The van der Waals surface area contributed by atoms with Gasteiger partial charge in [-0.1, -0.05) is 30.3 Å². The maximum Gasteiger partial charge on any atom is 0.282 e. The fraction of sp³-hybridized carbons (Fsp3) is 0.278. The minimum absolute atomic E-state index is 0.371. The molecule has 0 atom stereocenters. The van der Waals surface area contributed by atoms with E-state index < -0.39 is 24.9 Å². The smallest absolute Gasteiger partial charge is 0.282 e. The van der Waals surface area contributed by atoms with Crippen LogP contribution in [-0.2, 0) is 6.61 Å². The molecule has 3 rings (SSSR count). The summed E-state index contributed by atoms with van der Waals surface area (Å²) in [5.41, 5.74) is 2.02. The molecular formula is C18H16BrF2NO2. The minimum atomic E-state index is -2.78. The van der Waals surface area contributed by atoms with E-state index in [0.717, 1.165) is 10.5 Å². The predicted molar refractivity (Wildman–Crippen MR) is 90.5 cm³/mol. The molecular weight excluding hydrogens is 380 g/mol. The largest absolute Gasteiger partial charge is 0.489 e. The number of amides is 1. The monoisotopic (exact) mass is 395 g/mol. The van der Waals surface area contributed by atoms with Crippen LogP contribution in [0.2, 0.25) is 0 Å². The highest BCUT2D eigenvalue weighted by Crippen LogP contribution is 2.34. The Morgan fingerprint density at radius 1 is 1.21 bits per heavy atom. The summed E-state index contributed by atoms with van der Waals surface area (Å²) in [5, 5.41) is 0. The van der Waals surface area contributed by atoms with Crippen molar-refractivity contribution >= 4 is 21.8 Å². The van der Waals surface area contributed by atoms with Gasteiger partial charge in [-0.05, 0) is 40.5 Å². The Kier molecular flexibility index (Phi) is 4.58. The van der Waals surface area contributed by atoms with Crippen LogP contribution in [0.4, 0.5) is 8.78 Å². The lowest BCUT2D eigenvalue weighted by atomic mass is 10.0. The second-order valence-electron chi connectivity index (χ2n) is 5.84. The zero-order valence-electron chi connectivity index (χ0n) is 13.1. The summed E-state index contributed by atoms with van der Waals surface area (Å²) in [5.74, 6) is -2.62. The number of ether oxygens (including phenoxy) is 1. The van der Waals surface area contributed by atoms with Crippen LogP contribution in [-0.4, -0.2) is 29.8 Å². The Bertz CT molecular complexity index is 757. The molecule has 2 aromatic carbocycles. The van der Waals surface area contributed by atoms with Gasteiger partial charge in [0.05, 0.1) is 18.7 Å². The fourth-order valence-corrected chi connectivity index (χ4v) is 3.23. The molecule has 0 spiro atoms. The summed E-state index contributed by atoms with van der Waals surface area (Å²) < 4.78 is 32.4. The van der Waals surface area contributed by atoms with Crippen LogP contribution in [0.15, 0.2) is 46.9 Å². The third kappa shape index (κ3) is 3.43. The van der Waals surface area contributed by atoms with E-state index in [9.17, 15) is 13.6 Å². The second-order valence-corrected chi connectivity index (χ2v) is 6.69. The first-order chi connectivity index (χ1) is 11.4. The third-order valence-corrected chi connectivity index (χ3v) is 4.61. The summed E-state index contributed by atoms with van der Waals surface area (Å²) in [6.07, 6.45) is 0. The minimum Gasteiger partial charge on any atom is -0.489 e. The van der Waals surface area contributed by atoms with E-state index in [1.165, 1.54) is 0 Å². The molecule has 1 heterocycles. The van der Waals surface area contributed by atoms with Crippen molar-refractivity contribution in [3.05, 3.63) is 63.6 Å². The normalized spacial score (nSPS) is 15.8. The number of hydrogen-bond donors (Lipinski definition) is 0. The molecule has 1 fully saturated rings. The molecule has 0 N–H and O–H groups in total. The molecule has 1 aliphatic heterocycles. The molecule has 1 amide bonds. The van der Waals surface area contributed by atoms with Crippen molar-refractivity contribution < 1.29 is 18.3 Å². The number of carbonyl (C=O) groups is 1. The van der Waals surface area contributed by atoms with Crippen molar-refractivity contribution in [1.29, 1.82) is 0 Å². The molecule has 0 aliphatic carbocycles. The topological polar surface area (TPSA) is 29.5 Å². The summed E-state index contributed by atoms with van der Waals surface area (Å²) in [6.45, 7) is 1.06. The summed E-state index contributed by atoms with van der Waals surface area (Å²) >= 11 is 3.34. The van der Waals surface area contributed by atoms with Crippen molar-refractivity contribution in [3.8, 4) is 5.75 Å². The first kappa shape index (κ1) is 16.9.